The van der Waals surface area contributed by atoms with Crippen molar-refractivity contribution in [2.24, 2.45) is 17.6 Å². The lowest BCUT2D eigenvalue weighted by Crippen LogP contribution is -2.34. The van der Waals surface area contributed by atoms with Crippen LogP contribution in [0.4, 0.5) is 5.69 Å². The second-order valence-electron chi connectivity index (χ2n) is 6.28. The summed E-state index contributed by atoms with van der Waals surface area (Å²) in [5.41, 5.74) is 9.74. The van der Waals surface area contributed by atoms with Crippen LogP contribution in [-0.2, 0) is 0 Å². The minimum absolute atomic E-state index is 0.425. The Labute approximate surface area is 127 Å². The third-order valence-electron chi connectivity index (χ3n) is 4.35. The minimum atomic E-state index is 0.425. The molecule has 110 valence electrons. The Balaban J connectivity index is 2.26. The van der Waals surface area contributed by atoms with E-state index in [9.17, 15) is 0 Å². The number of hydrogen-bond donors (Lipinski definition) is 2. The van der Waals surface area contributed by atoms with Crippen molar-refractivity contribution in [1.82, 2.24) is 4.98 Å². The second-order valence-corrected chi connectivity index (χ2v) is 6.72. The van der Waals surface area contributed by atoms with Crippen LogP contribution in [0.2, 0.25) is 0 Å². The van der Waals surface area contributed by atoms with Crippen LogP contribution < -0.4 is 11.1 Å². The molecule has 0 amide bonds. The zero-order chi connectivity index (χ0) is 14.9. The fourth-order valence-electron chi connectivity index (χ4n) is 3.33. The smallest absolute Gasteiger partial charge is 0.107 e. The third-order valence-corrected chi connectivity index (χ3v) is 4.55. The van der Waals surface area contributed by atoms with Gasteiger partial charge in [0.15, 0.2) is 0 Å². The van der Waals surface area contributed by atoms with Crippen molar-refractivity contribution in [2.75, 3.05) is 5.32 Å². The van der Waals surface area contributed by atoms with Crippen LogP contribution in [0.5, 0.6) is 0 Å². The molecule has 3 unspecified atom stereocenters. The highest BCUT2D eigenvalue weighted by atomic mass is 32.1. The van der Waals surface area contributed by atoms with Gasteiger partial charge in [-0.3, -0.25) is 4.98 Å². The fraction of sp³-hybridized carbons (Fsp3) is 0.625. The lowest BCUT2D eigenvalue weighted by Gasteiger charge is -2.34. The molecule has 0 bridgehead atoms. The SMILES string of the molecule is Cc1cc(NC2CCC(C)CC2C)c(C(N)=S)c(C)n1. The third kappa shape index (κ3) is 3.29. The molecule has 1 fully saturated rings. The molecule has 1 aliphatic carbocycles. The second kappa shape index (κ2) is 6.08. The van der Waals surface area contributed by atoms with E-state index in [4.69, 9.17) is 18.0 Å². The Bertz CT molecular complexity index is 513. The van der Waals surface area contributed by atoms with Gasteiger partial charge in [0.25, 0.3) is 0 Å². The highest BCUT2D eigenvalue weighted by Crippen LogP contribution is 2.32. The molecule has 1 heterocycles. The van der Waals surface area contributed by atoms with Gasteiger partial charge in [-0.05, 0) is 51.0 Å². The summed E-state index contributed by atoms with van der Waals surface area (Å²) in [5.74, 6) is 1.51. The van der Waals surface area contributed by atoms with E-state index in [-0.39, 0.29) is 0 Å². The van der Waals surface area contributed by atoms with Gasteiger partial charge in [-0.1, -0.05) is 26.1 Å². The van der Waals surface area contributed by atoms with E-state index in [2.05, 4.69) is 30.2 Å². The average Bonchev–Trinajstić information content (AvgIpc) is 2.31. The molecule has 0 saturated heterocycles. The highest BCUT2D eigenvalue weighted by molar-refractivity contribution is 7.80. The zero-order valence-corrected chi connectivity index (χ0v) is 13.7. The van der Waals surface area contributed by atoms with Crippen LogP contribution in [-0.4, -0.2) is 16.0 Å². The monoisotopic (exact) mass is 291 g/mol. The minimum Gasteiger partial charge on any atom is -0.389 e. The molecule has 1 aliphatic rings. The molecule has 2 rings (SSSR count). The summed E-state index contributed by atoms with van der Waals surface area (Å²) in [6.07, 6.45) is 3.77. The molecule has 0 radical (unpaired) electrons. The van der Waals surface area contributed by atoms with Gasteiger partial charge in [-0.25, -0.2) is 0 Å². The van der Waals surface area contributed by atoms with Crippen LogP contribution in [0.1, 0.15) is 50.1 Å². The molecule has 1 saturated carbocycles. The number of rotatable bonds is 3. The van der Waals surface area contributed by atoms with Gasteiger partial charge in [-0.2, -0.15) is 0 Å². The molecule has 0 spiro atoms. The lowest BCUT2D eigenvalue weighted by molar-refractivity contribution is 0.276. The number of aromatic nitrogens is 1. The first kappa shape index (κ1) is 15.2. The molecular formula is C16H25N3S. The molecule has 4 heteroatoms. The normalized spacial score (nSPS) is 26.3. The van der Waals surface area contributed by atoms with Crippen molar-refractivity contribution in [3.05, 3.63) is 23.0 Å². The van der Waals surface area contributed by atoms with Gasteiger partial charge in [0.1, 0.15) is 4.99 Å². The topological polar surface area (TPSA) is 50.9 Å². The number of nitrogens with zero attached hydrogens (tertiary/aromatic N) is 1. The number of thiocarbonyl (C=S) groups is 1. The highest BCUT2D eigenvalue weighted by Gasteiger charge is 2.26. The summed E-state index contributed by atoms with van der Waals surface area (Å²) in [5, 5.41) is 3.68. The van der Waals surface area contributed by atoms with Crippen LogP contribution in [0.3, 0.4) is 0 Å². The van der Waals surface area contributed by atoms with Crippen molar-refractivity contribution in [3.8, 4) is 0 Å². The standard InChI is InChI=1S/C16H25N3S/c1-9-5-6-13(10(2)7-9)19-14-8-11(3)18-12(4)15(14)16(17)20/h8-10,13H,5-7H2,1-4H3,(H2,17,20)(H,18,19). The van der Waals surface area contributed by atoms with Gasteiger partial charge in [-0.15, -0.1) is 0 Å². The largest absolute Gasteiger partial charge is 0.389 e. The van der Waals surface area contributed by atoms with E-state index in [0.29, 0.717) is 16.9 Å². The van der Waals surface area contributed by atoms with Crippen molar-refractivity contribution in [1.29, 1.82) is 0 Å². The maximum atomic E-state index is 5.88. The Kier molecular flexibility index (Phi) is 4.63. The van der Waals surface area contributed by atoms with E-state index >= 15 is 0 Å². The predicted molar refractivity (Wildman–Crippen MR) is 89.2 cm³/mol. The summed E-state index contributed by atoms with van der Waals surface area (Å²) in [4.78, 5) is 4.90. The first-order valence-corrected chi connectivity index (χ1v) is 7.84. The Morgan fingerprint density at radius 2 is 2.05 bits per heavy atom. The van der Waals surface area contributed by atoms with E-state index in [0.717, 1.165) is 28.6 Å². The number of aryl methyl sites for hydroxylation is 2. The fourth-order valence-corrected chi connectivity index (χ4v) is 3.59. The van der Waals surface area contributed by atoms with Crippen LogP contribution in [0, 0.1) is 25.7 Å². The summed E-state index contributed by atoms with van der Waals surface area (Å²) in [7, 11) is 0. The number of nitrogens with one attached hydrogen (secondary N) is 1. The number of pyridine rings is 1. The van der Waals surface area contributed by atoms with Crippen LogP contribution >= 0.6 is 12.2 Å². The van der Waals surface area contributed by atoms with E-state index in [1.807, 2.05) is 13.8 Å². The van der Waals surface area contributed by atoms with Crippen LogP contribution in [0.15, 0.2) is 6.07 Å². The van der Waals surface area contributed by atoms with Gasteiger partial charge < -0.3 is 11.1 Å². The first-order chi connectivity index (χ1) is 9.38. The Hall–Kier alpha value is -1.16. The molecule has 0 aromatic carbocycles. The Morgan fingerprint density at radius 1 is 1.35 bits per heavy atom. The van der Waals surface area contributed by atoms with Crippen LogP contribution in [0.25, 0.3) is 0 Å². The molecule has 1 aromatic heterocycles. The average molecular weight is 291 g/mol. The number of nitrogens with two attached hydrogens (primary N) is 1. The molecule has 20 heavy (non-hydrogen) atoms. The zero-order valence-electron chi connectivity index (χ0n) is 12.9. The number of hydrogen-bond acceptors (Lipinski definition) is 3. The lowest BCUT2D eigenvalue weighted by atomic mass is 9.79. The first-order valence-electron chi connectivity index (χ1n) is 7.43. The van der Waals surface area contributed by atoms with E-state index in [1.165, 1.54) is 19.3 Å². The van der Waals surface area contributed by atoms with Crippen molar-refractivity contribution in [2.45, 2.75) is 53.0 Å². The van der Waals surface area contributed by atoms with Gasteiger partial charge in [0.05, 0.1) is 5.56 Å². The maximum Gasteiger partial charge on any atom is 0.107 e. The quantitative estimate of drug-likeness (QED) is 0.836. The molecule has 3 nitrogen and oxygen atoms in total. The van der Waals surface area contributed by atoms with Gasteiger partial charge >= 0.3 is 0 Å². The predicted octanol–water partition coefficient (Wildman–Crippen LogP) is 3.57. The van der Waals surface area contributed by atoms with Gasteiger partial charge in [0, 0.05) is 23.1 Å². The molecular weight excluding hydrogens is 266 g/mol. The molecule has 3 atom stereocenters. The van der Waals surface area contributed by atoms with Crippen molar-refractivity contribution in [3.63, 3.8) is 0 Å². The summed E-state index contributed by atoms with van der Waals surface area (Å²) < 4.78 is 0. The van der Waals surface area contributed by atoms with Crippen molar-refractivity contribution < 1.29 is 0 Å². The van der Waals surface area contributed by atoms with E-state index in [1.54, 1.807) is 0 Å². The van der Waals surface area contributed by atoms with E-state index < -0.39 is 0 Å². The summed E-state index contributed by atoms with van der Waals surface area (Å²) in [6.45, 7) is 8.65. The summed E-state index contributed by atoms with van der Waals surface area (Å²) in [6, 6.07) is 2.56. The molecule has 3 N–H and O–H groups in total. The van der Waals surface area contributed by atoms with Crippen molar-refractivity contribution >= 4 is 22.9 Å². The number of anilines is 1. The molecule has 1 aromatic rings. The summed E-state index contributed by atoms with van der Waals surface area (Å²) >= 11 is 5.19. The Morgan fingerprint density at radius 3 is 2.65 bits per heavy atom. The van der Waals surface area contributed by atoms with Gasteiger partial charge in [0.2, 0.25) is 0 Å². The molecule has 0 aliphatic heterocycles. The maximum absolute atomic E-state index is 5.88.